The number of halogens is 1. The van der Waals surface area contributed by atoms with Gasteiger partial charge in [-0.1, -0.05) is 29.8 Å². The van der Waals surface area contributed by atoms with E-state index in [2.05, 4.69) is 17.9 Å². The predicted octanol–water partition coefficient (Wildman–Crippen LogP) is 3.60. The molecular formula is C19H23ClN2O3. The van der Waals surface area contributed by atoms with E-state index in [1.165, 1.54) is 0 Å². The van der Waals surface area contributed by atoms with Crippen LogP contribution in [0.1, 0.15) is 34.8 Å². The van der Waals surface area contributed by atoms with Gasteiger partial charge in [0.05, 0.1) is 0 Å². The van der Waals surface area contributed by atoms with Gasteiger partial charge in [0, 0.05) is 44.4 Å². The first-order chi connectivity index (χ1) is 12.1. The minimum atomic E-state index is -0.0626. The van der Waals surface area contributed by atoms with Crippen LogP contribution in [0.2, 0.25) is 5.02 Å². The summed E-state index contributed by atoms with van der Waals surface area (Å²) >= 11 is 6.31. The third kappa shape index (κ3) is 4.06. The largest absolute Gasteiger partial charge is 0.453 e. The van der Waals surface area contributed by atoms with E-state index in [0.29, 0.717) is 31.2 Å². The molecule has 2 aromatic rings. The zero-order chi connectivity index (χ0) is 17.8. The van der Waals surface area contributed by atoms with Gasteiger partial charge in [0.15, 0.2) is 5.76 Å². The first kappa shape index (κ1) is 18.0. The summed E-state index contributed by atoms with van der Waals surface area (Å²) in [7, 11) is 1.60. The van der Waals surface area contributed by atoms with Crippen molar-refractivity contribution in [2.24, 2.45) is 0 Å². The number of carbonyl (C=O) groups is 1. The molecule has 1 aliphatic rings. The molecule has 1 amide bonds. The minimum absolute atomic E-state index is 0.0626. The second-order valence-corrected chi connectivity index (χ2v) is 6.63. The predicted molar refractivity (Wildman–Crippen MR) is 96.8 cm³/mol. The van der Waals surface area contributed by atoms with Crippen LogP contribution in [0.5, 0.6) is 0 Å². The Hall–Kier alpha value is -1.82. The smallest absolute Gasteiger partial charge is 0.289 e. The molecule has 0 bridgehead atoms. The molecule has 1 atom stereocenters. The number of amides is 1. The summed E-state index contributed by atoms with van der Waals surface area (Å²) in [5, 5.41) is 0.787. The molecule has 0 spiro atoms. The second kappa shape index (κ2) is 8.04. The zero-order valence-corrected chi connectivity index (χ0v) is 15.3. The second-order valence-electron chi connectivity index (χ2n) is 6.22. The van der Waals surface area contributed by atoms with Gasteiger partial charge in [-0.25, -0.2) is 0 Å². The molecule has 0 radical (unpaired) electrons. The highest BCUT2D eigenvalue weighted by atomic mass is 35.5. The Kier molecular flexibility index (Phi) is 5.78. The number of piperazine rings is 1. The number of hydrogen-bond acceptors (Lipinski definition) is 4. The van der Waals surface area contributed by atoms with Crippen molar-refractivity contribution >= 4 is 17.5 Å². The highest BCUT2D eigenvalue weighted by molar-refractivity contribution is 6.31. The van der Waals surface area contributed by atoms with E-state index in [4.69, 9.17) is 20.8 Å². The fourth-order valence-corrected chi connectivity index (χ4v) is 3.49. The lowest BCUT2D eigenvalue weighted by Crippen LogP contribution is -2.49. The maximum Gasteiger partial charge on any atom is 0.289 e. The number of furan rings is 1. The molecule has 1 unspecified atom stereocenters. The summed E-state index contributed by atoms with van der Waals surface area (Å²) in [6.07, 6.45) is 0. The third-order valence-electron chi connectivity index (χ3n) is 4.66. The van der Waals surface area contributed by atoms with Gasteiger partial charge < -0.3 is 14.1 Å². The molecule has 5 nitrogen and oxygen atoms in total. The van der Waals surface area contributed by atoms with E-state index >= 15 is 0 Å². The van der Waals surface area contributed by atoms with Gasteiger partial charge in [0.1, 0.15) is 12.4 Å². The standard InChI is InChI=1S/C19H23ClN2O3/c1-14(16-5-3-4-6-17(16)20)21-9-11-22(12-10-21)19(23)18-8-7-15(25-18)13-24-2/h3-8,14H,9-13H2,1-2H3. The molecule has 0 N–H and O–H groups in total. The molecule has 1 fully saturated rings. The molecular weight excluding hydrogens is 340 g/mol. The molecule has 3 rings (SSSR count). The first-order valence-corrected chi connectivity index (χ1v) is 8.83. The van der Waals surface area contributed by atoms with Crippen LogP contribution < -0.4 is 0 Å². The van der Waals surface area contributed by atoms with Crippen LogP contribution in [-0.2, 0) is 11.3 Å². The molecule has 25 heavy (non-hydrogen) atoms. The van der Waals surface area contributed by atoms with Crippen LogP contribution in [0.25, 0.3) is 0 Å². The number of carbonyl (C=O) groups excluding carboxylic acids is 1. The fourth-order valence-electron chi connectivity index (χ4n) is 3.19. The van der Waals surface area contributed by atoms with Crippen LogP contribution in [0.3, 0.4) is 0 Å². The highest BCUT2D eigenvalue weighted by Gasteiger charge is 2.27. The van der Waals surface area contributed by atoms with Gasteiger partial charge in [0.2, 0.25) is 0 Å². The van der Waals surface area contributed by atoms with Gasteiger partial charge in [0.25, 0.3) is 5.91 Å². The molecule has 1 aromatic heterocycles. The Balaban J connectivity index is 1.59. The molecule has 1 saturated heterocycles. The average Bonchev–Trinajstić information content (AvgIpc) is 3.10. The molecule has 2 heterocycles. The van der Waals surface area contributed by atoms with Gasteiger partial charge in [-0.2, -0.15) is 0 Å². The van der Waals surface area contributed by atoms with Crippen molar-refractivity contribution in [1.29, 1.82) is 0 Å². The number of benzene rings is 1. The van der Waals surface area contributed by atoms with E-state index < -0.39 is 0 Å². The summed E-state index contributed by atoms with van der Waals surface area (Å²) in [4.78, 5) is 16.8. The van der Waals surface area contributed by atoms with Gasteiger partial charge in [-0.05, 0) is 30.7 Å². The van der Waals surface area contributed by atoms with Crippen molar-refractivity contribution in [3.8, 4) is 0 Å². The highest BCUT2D eigenvalue weighted by Crippen LogP contribution is 2.28. The lowest BCUT2D eigenvalue weighted by molar-refractivity contribution is 0.0547. The van der Waals surface area contributed by atoms with E-state index in [1.54, 1.807) is 19.2 Å². The summed E-state index contributed by atoms with van der Waals surface area (Å²) in [6, 6.07) is 11.7. The van der Waals surface area contributed by atoms with Crippen LogP contribution in [-0.4, -0.2) is 49.0 Å². The Bertz CT molecular complexity index is 723. The Morgan fingerprint density at radius 2 is 1.92 bits per heavy atom. The normalized spacial score (nSPS) is 16.8. The number of hydrogen-bond donors (Lipinski definition) is 0. The quantitative estimate of drug-likeness (QED) is 0.815. The number of ether oxygens (including phenoxy) is 1. The SMILES string of the molecule is COCc1ccc(C(=O)N2CCN(C(C)c3ccccc3Cl)CC2)o1. The van der Waals surface area contributed by atoms with E-state index in [0.717, 1.165) is 23.7 Å². The lowest BCUT2D eigenvalue weighted by atomic mass is 10.1. The van der Waals surface area contributed by atoms with Crippen molar-refractivity contribution in [2.45, 2.75) is 19.6 Å². The van der Waals surface area contributed by atoms with E-state index in [9.17, 15) is 4.79 Å². The fraction of sp³-hybridized carbons (Fsp3) is 0.421. The molecule has 0 aliphatic carbocycles. The zero-order valence-electron chi connectivity index (χ0n) is 14.6. The first-order valence-electron chi connectivity index (χ1n) is 8.45. The van der Waals surface area contributed by atoms with Gasteiger partial charge in [-0.3, -0.25) is 9.69 Å². The van der Waals surface area contributed by atoms with Crippen LogP contribution >= 0.6 is 11.6 Å². The topological polar surface area (TPSA) is 45.9 Å². The maximum atomic E-state index is 12.6. The summed E-state index contributed by atoms with van der Waals surface area (Å²) in [5.41, 5.74) is 1.12. The maximum absolute atomic E-state index is 12.6. The van der Waals surface area contributed by atoms with Crippen molar-refractivity contribution in [1.82, 2.24) is 9.80 Å². The number of methoxy groups -OCH3 is 1. The molecule has 0 saturated carbocycles. The van der Waals surface area contributed by atoms with Crippen LogP contribution in [0.4, 0.5) is 0 Å². The monoisotopic (exact) mass is 362 g/mol. The van der Waals surface area contributed by atoms with E-state index in [-0.39, 0.29) is 11.9 Å². The van der Waals surface area contributed by atoms with Crippen molar-refractivity contribution in [2.75, 3.05) is 33.3 Å². The Morgan fingerprint density at radius 1 is 1.20 bits per heavy atom. The lowest BCUT2D eigenvalue weighted by Gasteiger charge is -2.38. The summed E-state index contributed by atoms with van der Waals surface area (Å²) in [6.45, 7) is 5.49. The molecule has 1 aliphatic heterocycles. The van der Waals surface area contributed by atoms with Crippen LogP contribution in [0.15, 0.2) is 40.8 Å². The van der Waals surface area contributed by atoms with Crippen molar-refractivity contribution in [3.05, 3.63) is 58.5 Å². The summed E-state index contributed by atoms with van der Waals surface area (Å²) in [5.74, 6) is 0.976. The molecule has 6 heteroatoms. The third-order valence-corrected chi connectivity index (χ3v) is 5.01. The van der Waals surface area contributed by atoms with Crippen molar-refractivity contribution < 1.29 is 13.9 Å². The van der Waals surface area contributed by atoms with Crippen LogP contribution in [0, 0.1) is 0 Å². The number of rotatable bonds is 5. The Morgan fingerprint density at radius 3 is 2.60 bits per heavy atom. The van der Waals surface area contributed by atoms with Gasteiger partial charge in [-0.15, -0.1) is 0 Å². The molecule has 134 valence electrons. The van der Waals surface area contributed by atoms with Gasteiger partial charge >= 0.3 is 0 Å². The van der Waals surface area contributed by atoms with Crippen molar-refractivity contribution in [3.63, 3.8) is 0 Å². The summed E-state index contributed by atoms with van der Waals surface area (Å²) < 4.78 is 10.6. The Labute approximate surface area is 153 Å². The minimum Gasteiger partial charge on any atom is -0.453 e. The number of nitrogens with zero attached hydrogens (tertiary/aromatic N) is 2. The average molecular weight is 363 g/mol. The molecule has 1 aromatic carbocycles. The van der Waals surface area contributed by atoms with E-state index in [1.807, 2.05) is 23.1 Å².